The number of rotatable bonds is 8. The Morgan fingerprint density at radius 2 is 1.77 bits per heavy atom. The molecular weight excluding hydrogens is 560 g/mol. The minimum absolute atomic E-state index is 0.214. The lowest BCUT2D eigenvalue weighted by Gasteiger charge is -2.15. The number of benzene rings is 3. The van der Waals surface area contributed by atoms with Gasteiger partial charge in [0.05, 0.1) is 10.2 Å². The number of hydrogen-bond acceptors (Lipinski definition) is 5. The SMILES string of the molecule is CCOc1cc(/C=C2\N=C(c3ccc(C(C)C)cc3)OC2=O)cc(I)c1OCc1ccc(F)cc1. The molecule has 1 heterocycles. The first-order chi connectivity index (χ1) is 16.8. The number of cyclic esters (lactones) is 1. The van der Waals surface area contributed by atoms with E-state index < -0.39 is 5.97 Å². The van der Waals surface area contributed by atoms with Gasteiger partial charge in [0, 0.05) is 5.56 Å². The third-order valence-corrected chi connectivity index (χ3v) is 6.18. The summed E-state index contributed by atoms with van der Waals surface area (Å²) in [5.74, 6) is 1.04. The van der Waals surface area contributed by atoms with Gasteiger partial charge in [0.1, 0.15) is 12.4 Å². The second kappa shape index (κ2) is 11.0. The minimum atomic E-state index is -0.502. The Bertz CT molecular complexity index is 1280. The zero-order valence-corrected chi connectivity index (χ0v) is 21.8. The van der Waals surface area contributed by atoms with E-state index in [4.69, 9.17) is 14.2 Å². The van der Waals surface area contributed by atoms with Crippen LogP contribution in [-0.4, -0.2) is 18.5 Å². The second-order valence-corrected chi connectivity index (χ2v) is 9.45. The molecule has 7 heteroatoms. The molecule has 0 aromatic heterocycles. The summed E-state index contributed by atoms with van der Waals surface area (Å²) in [6.45, 7) is 6.85. The summed E-state index contributed by atoms with van der Waals surface area (Å²) in [6.07, 6.45) is 1.67. The summed E-state index contributed by atoms with van der Waals surface area (Å²) in [6, 6.07) is 17.7. The molecule has 4 rings (SSSR count). The van der Waals surface area contributed by atoms with Gasteiger partial charge in [0.25, 0.3) is 0 Å². The van der Waals surface area contributed by atoms with Crippen molar-refractivity contribution in [3.8, 4) is 11.5 Å². The first-order valence-electron chi connectivity index (χ1n) is 11.3. The molecule has 1 aliphatic rings. The lowest BCUT2D eigenvalue weighted by molar-refractivity contribution is -0.129. The zero-order chi connectivity index (χ0) is 24.9. The van der Waals surface area contributed by atoms with Crippen LogP contribution in [-0.2, 0) is 16.1 Å². The molecular formula is C28H25FINO4. The molecule has 0 radical (unpaired) electrons. The molecule has 0 atom stereocenters. The molecule has 0 bridgehead atoms. The highest BCUT2D eigenvalue weighted by Gasteiger charge is 2.24. The van der Waals surface area contributed by atoms with E-state index in [-0.39, 0.29) is 24.0 Å². The quantitative estimate of drug-likeness (QED) is 0.164. The van der Waals surface area contributed by atoms with Gasteiger partial charge in [-0.15, -0.1) is 0 Å². The van der Waals surface area contributed by atoms with Gasteiger partial charge < -0.3 is 14.2 Å². The summed E-state index contributed by atoms with van der Waals surface area (Å²) in [5, 5.41) is 0. The first-order valence-corrected chi connectivity index (χ1v) is 12.4. The predicted molar refractivity (Wildman–Crippen MR) is 142 cm³/mol. The lowest BCUT2D eigenvalue weighted by atomic mass is 10.0. The number of esters is 1. The third kappa shape index (κ3) is 6.08. The van der Waals surface area contributed by atoms with Crippen LogP contribution in [0.5, 0.6) is 11.5 Å². The van der Waals surface area contributed by atoms with Gasteiger partial charge in [-0.25, -0.2) is 14.2 Å². The average molecular weight is 585 g/mol. The number of hydrogen-bond donors (Lipinski definition) is 0. The van der Waals surface area contributed by atoms with Crippen LogP contribution >= 0.6 is 22.6 Å². The molecule has 0 unspecified atom stereocenters. The second-order valence-electron chi connectivity index (χ2n) is 8.29. The lowest BCUT2D eigenvalue weighted by Crippen LogP contribution is -2.05. The predicted octanol–water partition coefficient (Wildman–Crippen LogP) is 6.88. The molecule has 0 fully saturated rings. The Balaban J connectivity index is 1.58. The van der Waals surface area contributed by atoms with E-state index in [0.29, 0.717) is 24.0 Å². The zero-order valence-electron chi connectivity index (χ0n) is 19.7. The van der Waals surface area contributed by atoms with Crippen LogP contribution in [0, 0.1) is 9.39 Å². The normalized spacial score (nSPS) is 14.3. The van der Waals surface area contributed by atoms with E-state index in [1.54, 1.807) is 24.3 Å². The van der Waals surface area contributed by atoms with Crippen molar-refractivity contribution in [1.29, 1.82) is 0 Å². The number of aliphatic imine (C=N–C) groups is 1. The Labute approximate surface area is 217 Å². The van der Waals surface area contributed by atoms with Gasteiger partial charge in [-0.2, -0.15) is 0 Å². The topological polar surface area (TPSA) is 57.1 Å². The van der Waals surface area contributed by atoms with Gasteiger partial charge in [-0.05, 0) is 94.6 Å². The molecule has 0 amide bonds. The van der Waals surface area contributed by atoms with Crippen LogP contribution in [0.4, 0.5) is 4.39 Å². The molecule has 35 heavy (non-hydrogen) atoms. The van der Waals surface area contributed by atoms with Crippen molar-refractivity contribution in [3.05, 3.63) is 98.0 Å². The largest absolute Gasteiger partial charge is 0.490 e. The van der Waals surface area contributed by atoms with Crippen LogP contribution in [0.15, 0.2) is 71.4 Å². The highest BCUT2D eigenvalue weighted by Crippen LogP contribution is 2.36. The van der Waals surface area contributed by atoms with Gasteiger partial charge in [-0.3, -0.25) is 0 Å². The van der Waals surface area contributed by atoms with Crippen molar-refractivity contribution in [1.82, 2.24) is 0 Å². The average Bonchev–Trinajstić information content (AvgIpc) is 3.20. The molecule has 0 saturated carbocycles. The van der Waals surface area contributed by atoms with Gasteiger partial charge in [0.15, 0.2) is 17.2 Å². The molecule has 5 nitrogen and oxygen atoms in total. The summed E-state index contributed by atoms with van der Waals surface area (Å²) >= 11 is 2.17. The Kier molecular flexibility index (Phi) is 7.85. The highest BCUT2D eigenvalue weighted by atomic mass is 127. The number of halogens is 2. The Hall–Kier alpha value is -3.20. The van der Waals surface area contributed by atoms with Crippen LogP contribution in [0.25, 0.3) is 6.08 Å². The number of carbonyl (C=O) groups is 1. The summed E-state index contributed by atoms with van der Waals surface area (Å²) < 4.78 is 31.2. The monoisotopic (exact) mass is 585 g/mol. The third-order valence-electron chi connectivity index (χ3n) is 5.38. The van der Waals surface area contributed by atoms with E-state index in [0.717, 1.165) is 20.3 Å². The van der Waals surface area contributed by atoms with Crippen LogP contribution in [0.2, 0.25) is 0 Å². The summed E-state index contributed by atoms with van der Waals surface area (Å²) in [7, 11) is 0. The molecule has 3 aromatic rings. The summed E-state index contributed by atoms with van der Waals surface area (Å²) in [5.41, 5.74) is 3.74. The highest BCUT2D eigenvalue weighted by molar-refractivity contribution is 14.1. The molecule has 3 aromatic carbocycles. The van der Waals surface area contributed by atoms with Crippen LogP contribution < -0.4 is 9.47 Å². The fourth-order valence-corrected chi connectivity index (χ4v) is 4.29. The molecule has 0 saturated heterocycles. The van der Waals surface area contributed by atoms with Crippen molar-refractivity contribution in [2.45, 2.75) is 33.3 Å². The first kappa shape index (κ1) is 24.9. The number of ether oxygens (including phenoxy) is 3. The molecule has 1 aliphatic heterocycles. The molecule has 0 aliphatic carbocycles. The number of carbonyl (C=O) groups excluding carboxylic acids is 1. The van der Waals surface area contributed by atoms with E-state index in [2.05, 4.69) is 41.4 Å². The van der Waals surface area contributed by atoms with Crippen LogP contribution in [0.3, 0.4) is 0 Å². The van der Waals surface area contributed by atoms with E-state index >= 15 is 0 Å². The van der Waals surface area contributed by atoms with Gasteiger partial charge in [-0.1, -0.05) is 38.1 Å². The smallest absolute Gasteiger partial charge is 0.363 e. The summed E-state index contributed by atoms with van der Waals surface area (Å²) in [4.78, 5) is 16.9. The van der Waals surface area contributed by atoms with Crippen molar-refractivity contribution in [2.75, 3.05) is 6.61 Å². The molecule has 0 spiro atoms. The minimum Gasteiger partial charge on any atom is -0.490 e. The van der Waals surface area contributed by atoms with Crippen molar-refractivity contribution >= 4 is 40.5 Å². The maximum Gasteiger partial charge on any atom is 0.363 e. The van der Waals surface area contributed by atoms with Crippen LogP contribution in [0.1, 0.15) is 48.9 Å². The fourth-order valence-electron chi connectivity index (χ4n) is 3.51. The maximum atomic E-state index is 13.2. The standard InChI is InChI=1S/C28H25FINO4/c1-4-33-25-15-19(13-23(30)26(25)34-16-18-5-11-22(29)12-6-18)14-24-28(32)35-27(31-24)21-9-7-20(8-10-21)17(2)3/h5-15,17H,4,16H2,1-3H3/b24-14-. The number of nitrogens with zero attached hydrogens (tertiary/aromatic N) is 1. The van der Waals surface area contributed by atoms with Crippen molar-refractivity contribution in [2.24, 2.45) is 4.99 Å². The fraction of sp³-hybridized carbons (Fsp3) is 0.214. The van der Waals surface area contributed by atoms with E-state index in [1.165, 1.54) is 17.7 Å². The molecule has 0 N–H and O–H groups in total. The Morgan fingerprint density at radius 1 is 1.06 bits per heavy atom. The Morgan fingerprint density at radius 3 is 2.43 bits per heavy atom. The van der Waals surface area contributed by atoms with Crippen molar-refractivity contribution < 1.29 is 23.4 Å². The van der Waals surface area contributed by atoms with E-state index in [1.807, 2.05) is 37.3 Å². The van der Waals surface area contributed by atoms with E-state index in [9.17, 15) is 9.18 Å². The van der Waals surface area contributed by atoms with Gasteiger partial charge in [0.2, 0.25) is 5.90 Å². The maximum absolute atomic E-state index is 13.2. The molecule has 180 valence electrons. The van der Waals surface area contributed by atoms with Gasteiger partial charge >= 0.3 is 5.97 Å². The van der Waals surface area contributed by atoms with Crippen molar-refractivity contribution in [3.63, 3.8) is 0 Å².